The Kier molecular flexibility index (Phi) is 4.43. The van der Waals surface area contributed by atoms with Crippen molar-refractivity contribution in [2.75, 3.05) is 20.4 Å². The molecule has 2 aromatic rings. The Balaban J connectivity index is 1.60. The van der Waals surface area contributed by atoms with Crippen LogP contribution in [0.15, 0.2) is 42.5 Å². The minimum atomic E-state index is -0.382. The molecule has 1 heterocycles. The largest absolute Gasteiger partial charge is 0.497 e. The summed E-state index contributed by atoms with van der Waals surface area (Å²) in [5, 5.41) is 10.7. The van der Waals surface area contributed by atoms with Gasteiger partial charge in [-0.15, -0.1) is 0 Å². The lowest BCUT2D eigenvalue weighted by Gasteiger charge is -2.29. The van der Waals surface area contributed by atoms with Crippen LogP contribution in [-0.4, -0.2) is 30.2 Å². The Hall–Kier alpha value is -2.60. The van der Waals surface area contributed by atoms with Crippen LogP contribution in [-0.2, 0) is 13.0 Å². The summed E-state index contributed by atoms with van der Waals surface area (Å²) in [6.07, 6.45) is 0.820. The highest BCUT2D eigenvalue weighted by molar-refractivity contribution is 5.41. The van der Waals surface area contributed by atoms with Crippen molar-refractivity contribution >= 4 is 5.69 Å². The molecule has 2 aromatic carbocycles. The number of non-ortho nitro benzene ring substituents is 1. The topological polar surface area (TPSA) is 64.8 Å². The number of fused-ring (bicyclic) bond motifs is 1. The molecule has 0 atom stereocenters. The molecule has 0 fully saturated rings. The van der Waals surface area contributed by atoms with E-state index < -0.39 is 0 Å². The molecule has 0 bridgehead atoms. The van der Waals surface area contributed by atoms with Crippen LogP contribution in [0.1, 0.15) is 11.1 Å². The zero-order valence-electron chi connectivity index (χ0n) is 12.9. The number of hydrogen-bond acceptors (Lipinski definition) is 5. The molecule has 0 amide bonds. The molecule has 23 heavy (non-hydrogen) atoms. The number of methoxy groups -OCH3 is 1. The third-order valence-corrected chi connectivity index (χ3v) is 3.93. The first-order chi connectivity index (χ1) is 11.2. The van der Waals surface area contributed by atoms with Gasteiger partial charge in [-0.05, 0) is 30.2 Å². The molecule has 120 valence electrons. The molecule has 0 saturated heterocycles. The van der Waals surface area contributed by atoms with Crippen LogP contribution < -0.4 is 9.47 Å². The number of benzene rings is 2. The first kappa shape index (κ1) is 15.3. The summed E-state index contributed by atoms with van der Waals surface area (Å²) < 4.78 is 11.0. The van der Waals surface area contributed by atoms with Gasteiger partial charge in [0.05, 0.1) is 12.0 Å². The smallest absolute Gasteiger partial charge is 0.269 e. The molecule has 0 spiro atoms. The molecule has 0 N–H and O–H groups in total. The van der Waals surface area contributed by atoms with E-state index in [4.69, 9.17) is 9.47 Å². The molecular weight excluding hydrogens is 296 g/mol. The minimum Gasteiger partial charge on any atom is -0.497 e. The second-order valence-electron chi connectivity index (χ2n) is 5.47. The van der Waals surface area contributed by atoms with Crippen molar-refractivity contribution in [3.05, 3.63) is 63.7 Å². The van der Waals surface area contributed by atoms with Gasteiger partial charge in [0.25, 0.3) is 5.69 Å². The molecule has 1 aliphatic rings. The third kappa shape index (κ3) is 3.60. The third-order valence-electron chi connectivity index (χ3n) is 3.93. The summed E-state index contributed by atoms with van der Waals surface area (Å²) in [6, 6.07) is 12.5. The van der Waals surface area contributed by atoms with Gasteiger partial charge < -0.3 is 9.47 Å². The quantitative estimate of drug-likeness (QED) is 0.627. The van der Waals surface area contributed by atoms with Gasteiger partial charge in [-0.3, -0.25) is 15.0 Å². The summed E-state index contributed by atoms with van der Waals surface area (Å²) in [5.74, 6) is 1.72. The first-order valence-electron chi connectivity index (χ1n) is 7.41. The standard InChI is InChI=1S/C17H18N2O4/c1-22-16-6-7-17-14(10-16)11-18(12-23-17)9-8-13-2-4-15(5-3-13)19(20)21/h2-7,10H,8-9,11-12H2,1H3. The van der Waals surface area contributed by atoms with E-state index in [0.717, 1.165) is 42.1 Å². The van der Waals surface area contributed by atoms with Crippen LogP contribution >= 0.6 is 0 Å². The summed E-state index contributed by atoms with van der Waals surface area (Å²) in [6.45, 7) is 2.18. The van der Waals surface area contributed by atoms with E-state index in [1.54, 1.807) is 31.4 Å². The van der Waals surface area contributed by atoms with Crippen molar-refractivity contribution in [1.29, 1.82) is 0 Å². The molecular formula is C17H18N2O4. The van der Waals surface area contributed by atoms with Crippen LogP contribution in [0.4, 0.5) is 5.69 Å². The Morgan fingerprint density at radius 2 is 2.04 bits per heavy atom. The summed E-state index contributed by atoms with van der Waals surface area (Å²) in [5.41, 5.74) is 2.31. The molecule has 6 heteroatoms. The van der Waals surface area contributed by atoms with Gasteiger partial charge in [-0.1, -0.05) is 12.1 Å². The van der Waals surface area contributed by atoms with Gasteiger partial charge in [0.15, 0.2) is 0 Å². The van der Waals surface area contributed by atoms with E-state index >= 15 is 0 Å². The van der Waals surface area contributed by atoms with Crippen molar-refractivity contribution in [1.82, 2.24) is 4.90 Å². The van der Waals surface area contributed by atoms with Crippen molar-refractivity contribution < 1.29 is 14.4 Å². The molecule has 0 saturated carbocycles. The van der Waals surface area contributed by atoms with Gasteiger partial charge in [0.2, 0.25) is 0 Å². The van der Waals surface area contributed by atoms with Gasteiger partial charge in [-0.25, -0.2) is 0 Å². The van der Waals surface area contributed by atoms with Gasteiger partial charge in [-0.2, -0.15) is 0 Å². The lowest BCUT2D eigenvalue weighted by molar-refractivity contribution is -0.384. The molecule has 0 aliphatic carbocycles. The zero-order valence-corrected chi connectivity index (χ0v) is 12.9. The summed E-state index contributed by atoms with van der Waals surface area (Å²) in [4.78, 5) is 12.5. The van der Waals surface area contributed by atoms with Gasteiger partial charge in [0, 0.05) is 30.8 Å². The molecule has 0 radical (unpaired) electrons. The maximum absolute atomic E-state index is 10.7. The highest BCUT2D eigenvalue weighted by atomic mass is 16.6. The van der Waals surface area contributed by atoms with E-state index in [1.165, 1.54) is 0 Å². The lowest BCUT2D eigenvalue weighted by Crippen LogP contribution is -2.33. The Morgan fingerprint density at radius 3 is 2.74 bits per heavy atom. The highest BCUT2D eigenvalue weighted by Crippen LogP contribution is 2.28. The molecule has 3 rings (SSSR count). The highest BCUT2D eigenvalue weighted by Gasteiger charge is 2.17. The average Bonchev–Trinajstić information content (AvgIpc) is 2.59. The van der Waals surface area contributed by atoms with Crippen molar-refractivity contribution in [3.63, 3.8) is 0 Å². The summed E-state index contributed by atoms with van der Waals surface area (Å²) in [7, 11) is 1.65. The maximum Gasteiger partial charge on any atom is 0.269 e. The molecule has 0 unspecified atom stereocenters. The van der Waals surface area contributed by atoms with E-state index in [0.29, 0.717) is 6.73 Å². The van der Waals surface area contributed by atoms with E-state index in [2.05, 4.69) is 4.90 Å². The van der Waals surface area contributed by atoms with Crippen molar-refractivity contribution in [2.24, 2.45) is 0 Å². The lowest BCUT2D eigenvalue weighted by atomic mass is 10.1. The second kappa shape index (κ2) is 6.66. The van der Waals surface area contributed by atoms with Crippen molar-refractivity contribution in [2.45, 2.75) is 13.0 Å². The average molecular weight is 314 g/mol. The normalized spacial score (nSPS) is 14.0. The number of hydrogen-bond donors (Lipinski definition) is 0. The van der Waals surface area contributed by atoms with E-state index in [9.17, 15) is 10.1 Å². The number of ether oxygens (including phenoxy) is 2. The van der Waals surface area contributed by atoms with Crippen LogP contribution in [0.2, 0.25) is 0 Å². The second-order valence-corrected chi connectivity index (χ2v) is 5.47. The first-order valence-corrected chi connectivity index (χ1v) is 7.41. The Bertz CT molecular complexity index is 700. The van der Waals surface area contributed by atoms with Crippen LogP contribution in [0.25, 0.3) is 0 Å². The fourth-order valence-corrected chi connectivity index (χ4v) is 2.61. The Morgan fingerprint density at radius 1 is 1.26 bits per heavy atom. The predicted octanol–water partition coefficient (Wildman–Crippen LogP) is 3.00. The van der Waals surface area contributed by atoms with Crippen LogP contribution in [0.5, 0.6) is 11.5 Å². The fraction of sp³-hybridized carbons (Fsp3) is 0.294. The van der Waals surface area contributed by atoms with E-state index in [1.807, 2.05) is 18.2 Å². The zero-order chi connectivity index (χ0) is 16.2. The molecule has 1 aliphatic heterocycles. The Labute approximate surface area is 134 Å². The minimum absolute atomic E-state index is 0.121. The number of rotatable bonds is 5. The predicted molar refractivity (Wildman–Crippen MR) is 85.7 cm³/mol. The monoisotopic (exact) mass is 314 g/mol. The van der Waals surface area contributed by atoms with Crippen molar-refractivity contribution in [3.8, 4) is 11.5 Å². The van der Waals surface area contributed by atoms with Gasteiger partial charge >= 0.3 is 0 Å². The summed E-state index contributed by atoms with van der Waals surface area (Å²) >= 11 is 0. The maximum atomic E-state index is 10.7. The van der Waals surface area contributed by atoms with Gasteiger partial charge in [0.1, 0.15) is 18.2 Å². The van der Waals surface area contributed by atoms with Crippen LogP contribution in [0, 0.1) is 10.1 Å². The van der Waals surface area contributed by atoms with Crippen LogP contribution in [0.3, 0.4) is 0 Å². The molecule has 6 nitrogen and oxygen atoms in total. The number of nitro benzene ring substituents is 1. The number of nitrogens with zero attached hydrogens (tertiary/aromatic N) is 2. The fourth-order valence-electron chi connectivity index (χ4n) is 2.61. The SMILES string of the molecule is COc1ccc2c(c1)CN(CCc1ccc([N+](=O)[O-])cc1)CO2. The van der Waals surface area contributed by atoms with E-state index in [-0.39, 0.29) is 10.6 Å². The number of nitro groups is 1. The molecule has 0 aromatic heterocycles.